The fourth-order valence-electron chi connectivity index (χ4n) is 14.3. The summed E-state index contributed by atoms with van der Waals surface area (Å²) in [5, 5.41) is 0. The van der Waals surface area contributed by atoms with Gasteiger partial charge in [-0.1, -0.05) is 215 Å². The Kier molecular flexibility index (Phi) is 13.0. The molecule has 9 heterocycles. The minimum atomic E-state index is 0.137. The van der Waals surface area contributed by atoms with Crippen molar-refractivity contribution in [2.24, 2.45) is 0 Å². The fraction of sp³-hybridized carbons (Fsp3) is 0.127. The number of rotatable bonds is 6. The number of fused-ring (bicyclic) bond motifs is 15. The van der Waals surface area contributed by atoms with Crippen LogP contribution in [0.15, 0.2) is 286 Å². The molecule has 426 valence electrons. The smallest absolute Gasteiger partial charge is 0.158 e. The molecule has 3 unspecified atom stereocenters. The zero-order valence-corrected chi connectivity index (χ0v) is 49.5. The predicted molar refractivity (Wildman–Crippen MR) is 362 cm³/mol. The van der Waals surface area contributed by atoms with E-state index >= 15 is 0 Å². The topological polar surface area (TPSA) is 58.1 Å². The molecule has 9 nitrogen and oxygen atoms in total. The fourth-order valence-corrected chi connectivity index (χ4v) is 14.3. The maximum absolute atomic E-state index is 4.83. The van der Waals surface area contributed by atoms with Gasteiger partial charge in [0.05, 0.1) is 34.1 Å². The van der Waals surface area contributed by atoms with E-state index in [9.17, 15) is 0 Å². The summed E-state index contributed by atoms with van der Waals surface area (Å²) >= 11 is 0. The van der Waals surface area contributed by atoms with Gasteiger partial charge in [-0.25, -0.2) is 15.0 Å². The van der Waals surface area contributed by atoms with Crippen LogP contribution in [0.4, 0.5) is 68.6 Å². The van der Waals surface area contributed by atoms with Crippen molar-refractivity contribution >= 4 is 68.6 Å². The van der Waals surface area contributed by atoms with Gasteiger partial charge in [0.15, 0.2) is 17.5 Å². The maximum Gasteiger partial charge on any atom is 0.158 e. The molecule has 0 amide bonds. The Labute approximate surface area is 515 Å². The van der Waals surface area contributed by atoms with Crippen LogP contribution in [0.3, 0.4) is 0 Å². The average Bonchev–Trinajstić information content (AvgIpc) is 1.61. The van der Waals surface area contributed by atoms with E-state index in [4.69, 9.17) is 15.0 Å². The van der Waals surface area contributed by atoms with E-state index in [1.165, 1.54) is 107 Å². The number of anilines is 12. The van der Waals surface area contributed by atoms with Crippen molar-refractivity contribution in [3.05, 3.63) is 308 Å². The largest absolute Gasteiger partial charge is 0.316 e. The molecule has 6 aliphatic rings. The van der Waals surface area contributed by atoms with E-state index in [2.05, 4.69) is 299 Å². The van der Waals surface area contributed by atoms with Gasteiger partial charge in [-0.3, -0.25) is 0 Å². The van der Waals surface area contributed by atoms with Crippen molar-refractivity contribution in [1.29, 1.82) is 0 Å². The molecule has 0 N–H and O–H groups in total. The van der Waals surface area contributed by atoms with Crippen molar-refractivity contribution < 1.29 is 0 Å². The molecule has 3 atom stereocenters. The summed E-state index contributed by atoms with van der Waals surface area (Å²) in [6.45, 7) is 6.85. The van der Waals surface area contributed by atoms with Gasteiger partial charge in [0.2, 0.25) is 0 Å². The number of hydrogen-bond donors (Lipinski definition) is 0. The number of benzene rings is 9. The molecule has 6 aliphatic heterocycles. The summed E-state index contributed by atoms with van der Waals surface area (Å²) in [5.74, 6) is 3.12. The normalized spacial score (nSPS) is 16.6. The van der Waals surface area contributed by atoms with Gasteiger partial charge in [-0.05, 0) is 117 Å². The SMILES string of the molecule is CC(C)(C)c1ccc2c(c1)CC1N(c3ccccc3-c3ccccc3)c3cccnc3N21.c1ccc(-c2ccccc2N2c3cccnc3N3c4ccccc4CC23)cc1.c1ccc(-c2ccccc2N2c3ncccc3N3c4ccccc4CC32)cc1. The highest BCUT2D eigenvalue weighted by Crippen LogP contribution is 2.57. The number of aromatic nitrogens is 3. The zero-order valence-electron chi connectivity index (χ0n) is 49.5. The molecule has 0 aliphatic carbocycles. The Morgan fingerprint density at radius 3 is 0.977 bits per heavy atom. The van der Waals surface area contributed by atoms with Gasteiger partial charge in [0.25, 0.3) is 0 Å². The lowest BCUT2D eigenvalue weighted by Crippen LogP contribution is -2.36. The van der Waals surface area contributed by atoms with E-state index in [-0.39, 0.29) is 23.9 Å². The summed E-state index contributed by atoms with van der Waals surface area (Å²) in [6.07, 6.45) is 9.25. The van der Waals surface area contributed by atoms with Gasteiger partial charge >= 0.3 is 0 Å². The summed E-state index contributed by atoms with van der Waals surface area (Å²) in [5.41, 5.74) is 24.1. The predicted octanol–water partition coefficient (Wildman–Crippen LogP) is 19.1. The van der Waals surface area contributed by atoms with Crippen LogP contribution >= 0.6 is 0 Å². The Balaban J connectivity index is 0.000000107. The van der Waals surface area contributed by atoms with Crippen LogP contribution in [0.25, 0.3) is 33.4 Å². The van der Waals surface area contributed by atoms with E-state index < -0.39 is 0 Å². The Morgan fingerprint density at radius 1 is 0.273 bits per heavy atom. The second-order valence-corrected chi connectivity index (χ2v) is 24.3. The molecular weight excluding hydrogens is 1070 g/mol. The van der Waals surface area contributed by atoms with Gasteiger partial charge < -0.3 is 29.4 Å². The minimum absolute atomic E-state index is 0.137. The van der Waals surface area contributed by atoms with Crippen LogP contribution in [-0.2, 0) is 24.7 Å². The van der Waals surface area contributed by atoms with Crippen molar-refractivity contribution in [3.63, 3.8) is 0 Å². The zero-order chi connectivity index (χ0) is 58.9. The number of para-hydroxylation sites is 5. The molecule has 0 bridgehead atoms. The van der Waals surface area contributed by atoms with E-state index in [1.54, 1.807) is 0 Å². The lowest BCUT2D eigenvalue weighted by molar-refractivity contribution is 0.589. The molecule has 9 aromatic carbocycles. The highest BCUT2D eigenvalue weighted by molar-refractivity contribution is 5.96. The molecule has 9 heteroatoms. The van der Waals surface area contributed by atoms with E-state index in [0.29, 0.717) is 0 Å². The standard InChI is InChI=1S/C29H27N3.2C25H19N3/c1-29(2,3)22-15-16-24-21(18-22)19-27-31(26-14-9-17-30-28(26)32(24)27)25-13-8-7-12-23(25)20-10-5-4-6-11-20;1-2-9-18(10-3-1)20-12-5-7-14-22(20)27-23-15-8-16-26-25(23)28-21-13-6-4-11-19(21)17-24(27)28;1-2-9-18(10-3-1)20-12-5-7-14-22(20)28-24-17-19-11-4-6-13-21(19)27(24)23-15-8-16-26-25(23)28/h4-18,27H,19H2,1-3H3;2*1-16,24H,17H2. The van der Waals surface area contributed by atoms with Crippen LogP contribution in [0.2, 0.25) is 0 Å². The first kappa shape index (κ1) is 52.8. The van der Waals surface area contributed by atoms with Crippen LogP contribution in [0.1, 0.15) is 43.0 Å². The van der Waals surface area contributed by atoms with Crippen LogP contribution in [0.5, 0.6) is 0 Å². The number of pyridine rings is 3. The summed E-state index contributed by atoms with van der Waals surface area (Å²) in [7, 11) is 0. The molecule has 18 rings (SSSR count). The van der Waals surface area contributed by atoms with Crippen LogP contribution in [0, 0.1) is 0 Å². The first-order valence-electron chi connectivity index (χ1n) is 30.7. The van der Waals surface area contributed by atoms with Gasteiger partial charge in [0, 0.05) is 71.6 Å². The van der Waals surface area contributed by atoms with Gasteiger partial charge in [0.1, 0.15) is 18.5 Å². The van der Waals surface area contributed by atoms with Crippen molar-refractivity contribution in [3.8, 4) is 33.4 Å². The third-order valence-electron chi connectivity index (χ3n) is 18.2. The molecule has 0 radical (unpaired) electrons. The maximum atomic E-state index is 4.83. The second-order valence-electron chi connectivity index (χ2n) is 24.3. The molecule has 0 spiro atoms. The van der Waals surface area contributed by atoms with Crippen LogP contribution in [-0.4, -0.2) is 33.4 Å². The summed E-state index contributed by atoms with van der Waals surface area (Å²) in [4.78, 5) is 29.0. The minimum Gasteiger partial charge on any atom is -0.316 e. The summed E-state index contributed by atoms with van der Waals surface area (Å²) in [6, 6.07) is 95.0. The van der Waals surface area contributed by atoms with Crippen molar-refractivity contribution in [1.82, 2.24) is 15.0 Å². The molecular formula is C79H65N9. The van der Waals surface area contributed by atoms with Gasteiger partial charge in [-0.15, -0.1) is 0 Å². The Morgan fingerprint density at radius 2 is 0.568 bits per heavy atom. The van der Waals surface area contributed by atoms with Gasteiger partial charge in [-0.2, -0.15) is 0 Å². The molecule has 88 heavy (non-hydrogen) atoms. The van der Waals surface area contributed by atoms with Crippen molar-refractivity contribution in [2.75, 3.05) is 29.4 Å². The highest BCUT2D eigenvalue weighted by Gasteiger charge is 2.47. The molecule has 12 aromatic rings. The van der Waals surface area contributed by atoms with E-state index in [0.717, 1.165) is 36.7 Å². The number of nitrogens with zero attached hydrogens (tertiary/aromatic N) is 9. The first-order valence-corrected chi connectivity index (χ1v) is 30.7. The second kappa shape index (κ2) is 21.6. The third kappa shape index (κ3) is 8.87. The first-order chi connectivity index (χ1) is 43.4. The molecule has 3 aromatic heterocycles. The monoisotopic (exact) mass is 1140 g/mol. The highest BCUT2D eigenvalue weighted by atomic mass is 15.5. The Bertz CT molecular complexity index is 4380. The quantitative estimate of drug-likeness (QED) is 0.162. The lowest BCUT2D eigenvalue weighted by Gasteiger charge is -2.29. The van der Waals surface area contributed by atoms with E-state index in [1.807, 2.05) is 36.8 Å². The summed E-state index contributed by atoms with van der Waals surface area (Å²) < 4.78 is 0. The Hall–Kier alpha value is -10.8. The third-order valence-corrected chi connectivity index (χ3v) is 18.2. The molecule has 0 fully saturated rings. The number of hydrogen-bond acceptors (Lipinski definition) is 9. The molecule has 0 saturated carbocycles. The van der Waals surface area contributed by atoms with Crippen LogP contribution < -0.4 is 29.4 Å². The average molecular weight is 1140 g/mol. The lowest BCUT2D eigenvalue weighted by atomic mass is 9.86. The molecule has 0 saturated heterocycles. The van der Waals surface area contributed by atoms with Crippen molar-refractivity contribution in [2.45, 2.75) is 63.9 Å².